The van der Waals surface area contributed by atoms with Crippen molar-refractivity contribution in [2.45, 2.75) is 58.4 Å². The van der Waals surface area contributed by atoms with Crippen molar-refractivity contribution in [3.63, 3.8) is 0 Å². The van der Waals surface area contributed by atoms with Gasteiger partial charge in [-0.05, 0) is 18.2 Å². The minimum atomic E-state index is -1.41. The van der Waals surface area contributed by atoms with Gasteiger partial charge in [0.25, 0.3) is 0 Å². The molecule has 1 fully saturated rings. The molecule has 5 atom stereocenters. The van der Waals surface area contributed by atoms with Crippen LogP contribution in [0, 0.1) is 0 Å². The Bertz CT molecular complexity index is 915. The number of hydrogen-bond acceptors (Lipinski definition) is 11. The van der Waals surface area contributed by atoms with E-state index in [9.17, 15) is 24.0 Å². The quantitative estimate of drug-likeness (QED) is 0.411. The molecule has 1 heterocycles. The van der Waals surface area contributed by atoms with Gasteiger partial charge in [0.1, 0.15) is 18.5 Å². The summed E-state index contributed by atoms with van der Waals surface area (Å²) >= 11 is 0. The van der Waals surface area contributed by atoms with E-state index in [-0.39, 0.29) is 17.9 Å². The third-order valence-electron chi connectivity index (χ3n) is 4.32. The molecule has 1 saturated heterocycles. The first-order chi connectivity index (χ1) is 15.5. The van der Waals surface area contributed by atoms with Crippen molar-refractivity contribution in [1.82, 2.24) is 0 Å². The van der Waals surface area contributed by atoms with Crippen molar-refractivity contribution in [1.29, 1.82) is 0 Å². The van der Waals surface area contributed by atoms with Crippen LogP contribution < -0.4 is 10.5 Å². The van der Waals surface area contributed by atoms with Crippen LogP contribution in [0.25, 0.3) is 0 Å². The third-order valence-corrected chi connectivity index (χ3v) is 4.32. The molecule has 1 amide bonds. The number of rotatable bonds is 8. The molecule has 2 rings (SSSR count). The van der Waals surface area contributed by atoms with Crippen LogP contribution in [0.4, 0.5) is 0 Å². The van der Waals surface area contributed by atoms with E-state index >= 15 is 0 Å². The maximum atomic E-state index is 11.8. The van der Waals surface area contributed by atoms with Crippen LogP contribution in [0.1, 0.15) is 38.1 Å². The largest absolute Gasteiger partial charge is 0.463 e. The topological polar surface area (TPSA) is 167 Å². The Morgan fingerprint density at radius 1 is 0.848 bits per heavy atom. The number of benzene rings is 1. The monoisotopic (exact) mass is 467 g/mol. The first-order valence-electron chi connectivity index (χ1n) is 9.85. The molecule has 1 aromatic rings. The summed E-state index contributed by atoms with van der Waals surface area (Å²) in [5, 5.41) is 0. The number of carbonyl (C=O) groups is 5. The summed E-state index contributed by atoms with van der Waals surface area (Å²) in [6, 6.07) is 5.78. The maximum absolute atomic E-state index is 11.8. The minimum absolute atomic E-state index is 0.118. The van der Waals surface area contributed by atoms with Crippen molar-refractivity contribution >= 4 is 29.8 Å². The molecule has 0 spiro atoms. The molecule has 0 bridgehead atoms. The fourth-order valence-electron chi connectivity index (χ4n) is 3.14. The van der Waals surface area contributed by atoms with Crippen LogP contribution in [0.5, 0.6) is 5.75 Å². The predicted octanol–water partition coefficient (Wildman–Crippen LogP) is 0.247. The first-order valence-corrected chi connectivity index (χ1v) is 9.85. The second-order valence-electron chi connectivity index (χ2n) is 7.08. The van der Waals surface area contributed by atoms with Gasteiger partial charge in [-0.3, -0.25) is 24.0 Å². The van der Waals surface area contributed by atoms with Gasteiger partial charge in [-0.25, -0.2) is 0 Å². The van der Waals surface area contributed by atoms with Crippen LogP contribution >= 0.6 is 0 Å². The average molecular weight is 467 g/mol. The van der Waals surface area contributed by atoms with Crippen molar-refractivity contribution in [2.75, 3.05) is 6.61 Å². The van der Waals surface area contributed by atoms with E-state index in [4.69, 9.17) is 34.2 Å². The van der Waals surface area contributed by atoms with Crippen LogP contribution in [-0.2, 0) is 42.9 Å². The standard InChI is InChI=1S/C21H25NO11/c1-10(23)28-9-16-17(29-11(2)24)18(30-12(3)25)19(31-13(4)26)21(33-16)32-15-7-5-6-14(8-15)20(22)27/h5-8,16-19,21H,9H2,1-4H3,(H2,22,27)/t16-,17-,18+,19+,21+/m1/s1. The molecule has 33 heavy (non-hydrogen) atoms. The van der Waals surface area contributed by atoms with Crippen LogP contribution in [0.2, 0.25) is 0 Å². The fourth-order valence-corrected chi connectivity index (χ4v) is 3.14. The highest BCUT2D eigenvalue weighted by Crippen LogP contribution is 2.31. The molecule has 1 aliphatic heterocycles. The van der Waals surface area contributed by atoms with Crippen LogP contribution in [-0.4, -0.2) is 67.1 Å². The average Bonchev–Trinajstić information content (AvgIpc) is 2.70. The summed E-state index contributed by atoms with van der Waals surface area (Å²) in [5.41, 5.74) is 5.43. The van der Waals surface area contributed by atoms with Gasteiger partial charge >= 0.3 is 23.9 Å². The Kier molecular flexibility index (Phi) is 8.74. The summed E-state index contributed by atoms with van der Waals surface area (Å²) < 4.78 is 32.5. The van der Waals surface area contributed by atoms with E-state index in [1.54, 1.807) is 0 Å². The molecular formula is C21H25NO11. The first kappa shape index (κ1) is 25.6. The predicted molar refractivity (Wildman–Crippen MR) is 108 cm³/mol. The van der Waals surface area contributed by atoms with Crippen molar-refractivity contribution in [3.05, 3.63) is 29.8 Å². The van der Waals surface area contributed by atoms with Gasteiger partial charge in [0.15, 0.2) is 12.2 Å². The zero-order chi connectivity index (χ0) is 24.7. The molecule has 1 aromatic carbocycles. The Balaban J connectivity index is 2.47. The maximum Gasteiger partial charge on any atom is 0.303 e. The summed E-state index contributed by atoms with van der Waals surface area (Å²) in [4.78, 5) is 58.2. The number of esters is 4. The molecule has 2 N–H and O–H groups in total. The van der Waals surface area contributed by atoms with E-state index < -0.39 is 60.5 Å². The minimum Gasteiger partial charge on any atom is -0.463 e. The second kappa shape index (κ2) is 11.3. The van der Waals surface area contributed by atoms with E-state index in [2.05, 4.69) is 0 Å². The lowest BCUT2D eigenvalue weighted by Gasteiger charge is -2.43. The van der Waals surface area contributed by atoms with Crippen molar-refractivity contribution in [2.24, 2.45) is 5.73 Å². The molecule has 12 nitrogen and oxygen atoms in total. The van der Waals surface area contributed by atoms with Gasteiger partial charge in [-0.1, -0.05) is 6.07 Å². The van der Waals surface area contributed by atoms with Gasteiger partial charge in [-0.2, -0.15) is 0 Å². The van der Waals surface area contributed by atoms with Gasteiger partial charge in [0.2, 0.25) is 18.3 Å². The number of ether oxygens (including phenoxy) is 6. The van der Waals surface area contributed by atoms with E-state index in [1.807, 2.05) is 0 Å². The number of hydrogen-bond donors (Lipinski definition) is 1. The van der Waals surface area contributed by atoms with Gasteiger partial charge in [0.05, 0.1) is 0 Å². The number of primary amides is 1. The lowest BCUT2D eigenvalue weighted by molar-refractivity contribution is -0.288. The summed E-state index contributed by atoms with van der Waals surface area (Å²) in [7, 11) is 0. The zero-order valence-corrected chi connectivity index (χ0v) is 18.5. The highest BCUT2D eigenvalue weighted by atomic mass is 16.7. The summed E-state index contributed by atoms with van der Waals surface area (Å²) in [6.07, 6.45) is -6.62. The smallest absolute Gasteiger partial charge is 0.303 e. The number of nitrogens with two attached hydrogens (primary N) is 1. The third kappa shape index (κ3) is 7.45. The molecule has 0 aromatic heterocycles. The van der Waals surface area contributed by atoms with Crippen molar-refractivity contribution in [3.8, 4) is 5.75 Å². The fraction of sp³-hybridized carbons (Fsp3) is 0.476. The number of amides is 1. The molecule has 0 radical (unpaired) electrons. The summed E-state index contributed by atoms with van der Waals surface area (Å²) in [5.74, 6) is -3.51. The van der Waals surface area contributed by atoms with E-state index in [1.165, 1.54) is 24.3 Å². The Morgan fingerprint density at radius 2 is 1.42 bits per heavy atom. The molecule has 1 aliphatic rings. The van der Waals surface area contributed by atoms with E-state index in [0.717, 1.165) is 27.7 Å². The lowest BCUT2D eigenvalue weighted by atomic mass is 9.98. The van der Waals surface area contributed by atoms with Crippen LogP contribution in [0.15, 0.2) is 24.3 Å². The van der Waals surface area contributed by atoms with E-state index in [0.29, 0.717) is 0 Å². The normalized spacial score (nSPS) is 24.2. The Labute approximate surface area is 189 Å². The van der Waals surface area contributed by atoms with Crippen LogP contribution in [0.3, 0.4) is 0 Å². The molecule has 12 heteroatoms. The molecular weight excluding hydrogens is 442 g/mol. The Morgan fingerprint density at radius 3 is 1.97 bits per heavy atom. The molecule has 0 aliphatic carbocycles. The molecule has 0 unspecified atom stereocenters. The zero-order valence-electron chi connectivity index (χ0n) is 18.5. The highest BCUT2D eigenvalue weighted by Gasteiger charge is 2.53. The Hall–Kier alpha value is -3.67. The second-order valence-corrected chi connectivity index (χ2v) is 7.08. The lowest BCUT2D eigenvalue weighted by Crippen LogP contribution is -2.63. The van der Waals surface area contributed by atoms with Crippen molar-refractivity contribution < 1.29 is 52.4 Å². The van der Waals surface area contributed by atoms with Gasteiger partial charge < -0.3 is 34.2 Å². The summed E-state index contributed by atoms with van der Waals surface area (Å²) in [6.45, 7) is 4.11. The van der Waals surface area contributed by atoms with Gasteiger partial charge in [-0.15, -0.1) is 0 Å². The van der Waals surface area contributed by atoms with Gasteiger partial charge in [0, 0.05) is 33.3 Å². The number of carbonyl (C=O) groups excluding carboxylic acids is 5. The molecule has 0 saturated carbocycles. The SMILES string of the molecule is CC(=O)OC[C@H]1O[C@H](Oc2cccc(C(N)=O)c2)[C@@H](OC(C)=O)[C@@H](OC(C)=O)[C@@H]1OC(C)=O. The highest BCUT2D eigenvalue weighted by molar-refractivity contribution is 5.93. The molecule has 180 valence electrons.